The molecule has 2 aromatic rings. The van der Waals surface area contributed by atoms with Crippen LogP contribution in [0.3, 0.4) is 0 Å². The number of hydrogen-bond donors (Lipinski definition) is 2. The summed E-state index contributed by atoms with van der Waals surface area (Å²) in [4.78, 5) is 6.25. The van der Waals surface area contributed by atoms with Gasteiger partial charge in [0.15, 0.2) is 0 Å². The van der Waals surface area contributed by atoms with E-state index >= 15 is 0 Å². The summed E-state index contributed by atoms with van der Waals surface area (Å²) in [6.45, 7) is 0. The Morgan fingerprint density at radius 2 is 1.76 bits per heavy atom. The predicted molar refractivity (Wildman–Crippen MR) is 73.6 cm³/mol. The van der Waals surface area contributed by atoms with E-state index in [0.29, 0.717) is 12.1 Å². The number of benzene rings is 1. The van der Waals surface area contributed by atoms with Gasteiger partial charge in [0.25, 0.3) is 10.0 Å². The van der Waals surface area contributed by atoms with Crippen LogP contribution in [0.15, 0.2) is 23.1 Å². The molecule has 0 spiro atoms. The normalized spacial score (nSPS) is 11.4. The highest BCUT2D eigenvalue weighted by Crippen LogP contribution is 2.24. The maximum Gasteiger partial charge on any atom is 0.266 e. The maximum atomic E-state index is 13.6. The van der Waals surface area contributed by atoms with Crippen molar-refractivity contribution in [2.24, 2.45) is 0 Å². The average Bonchev–Trinajstić information content (AvgIpc) is 2.31. The molecule has 0 fully saturated rings. The molecule has 1 aromatic heterocycles. The minimum absolute atomic E-state index is 0.119. The van der Waals surface area contributed by atoms with E-state index in [1.807, 2.05) is 4.72 Å². The summed E-state index contributed by atoms with van der Waals surface area (Å²) in [6, 6.07) is 2.08. The summed E-state index contributed by atoms with van der Waals surface area (Å²) in [5.74, 6) is -2.65. The largest absolute Gasteiger partial charge is 0.396 e. The fraction of sp³-hybridized carbons (Fsp3) is 0. The van der Waals surface area contributed by atoms with E-state index in [2.05, 4.69) is 9.97 Å². The second-order valence-corrected chi connectivity index (χ2v) is 6.13. The molecular formula is C10H6Cl2F2N4O2S. The van der Waals surface area contributed by atoms with Crippen molar-refractivity contribution in [2.45, 2.75) is 4.90 Å². The lowest BCUT2D eigenvalue weighted by Crippen LogP contribution is -2.16. The number of nitrogen functional groups attached to an aromatic ring is 1. The van der Waals surface area contributed by atoms with Crippen LogP contribution in [-0.2, 0) is 10.0 Å². The molecule has 21 heavy (non-hydrogen) atoms. The fourth-order valence-electron chi connectivity index (χ4n) is 1.39. The molecule has 0 aliphatic heterocycles. The van der Waals surface area contributed by atoms with Crippen molar-refractivity contribution in [3.8, 4) is 0 Å². The molecule has 0 saturated carbocycles. The highest BCUT2D eigenvalue weighted by molar-refractivity contribution is 7.92. The van der Waals surface area contributed by atoms with Crippen molar-refractivity contribution >= 4 is 44.7 Å². The molecule has 1 heterocycles. The first kappa shape index (κ1) is 15.7. The number of halogens is 4. The standard InChI is InChI=1S/C10H6Cl2F2N4O2S/c11-8-3-9(17-10(12)16-8)18-21(19,20)7-2-6(15)4(13)1-5(7)14/h1-3H,15H2,(H,16,17,18). The zero-order valence-electron chi connectivity index (χ0n) is 9.94. The van der Waals surface area contributed by atoms with E-state index in [9.17, 15) is 17.2 Å². The van der Waals surface area contributed by atoms with Crippen LogP contribution >= 0.6 is 23.2 Å². The lowest BCUT2D eigenvalue weighted by Gasteiger charge is -2.09. The Bertz CT molecular complexity index is 797. The lowest BCUT2D eigenvalue weighted by molar-refractivity contribution is 0.553. The Morgan fingerprint density at radius 1 is 1.10 bits per heavy atom. The third-order valence-corrected chi connectivity index (χ3v) is 3.98. The minimum atomic E-state index is -4.40. The molecule has 1 aromatic carbocycles. The number of nitrogens with two attached hydrogens (primary N) is 1. The van der Waals surface area contributed by atoms with Gasteiger partial charge in [-0.3, -0.25) is 4.72 Å². The molecule has 0 atom stereocenters. The van der Waals surface area contributed by atoms with Crippen molar-refractivity contribution in [1.82, 2.24) is 9.97 Å². The Morgan fingerprint density at radius 3 is 2.38 bits per heavy atom. The van der Waals surface area contributed by atoms with Gasteiger partial charge >= 0.3 is 0 Å². The zero-order valence-corrected chi connectivity index (χ0v) is 12.3. The number of rotatable bonds is 3. The average molecular weight is 355 g/mol. The van der Waals surface area contributed by atoms with Gasteiger partial charge in [-0.25, -0.2) is 22.2 Å². The smallest absolute Gasteiger partial charge is 0.266 e. The molecule has 0 amide bonds. The molecule has 6 nitrogen and oxygen atoms in total. The Kier molecular flexibility index (Phi) is 4.17. The van der Waals surface area contributed by atoms with E-state index in [-0.39, 0.29) is 16.3 Å². The van der Waals surface area contributed by atoms with E-state index < -0.39 is 32.2 Å². The van der Waals surface area contributed by atoms with Crippen molar-refractivity contribution < 1.29 is 17.2 Å². The SMILES string of the molecule is Nc1cc(S(=O)(=O)Nc2cc(Cl)nc(Cl)n2)c(F)cc1F. The summed E-state index contributed by atoms with van der Waals surface area (Å²) in [7, 11) is -4.40. The molecule has 112 valence electrons. The van der Waals surface area contributed by atoms with Gasteiger partial charge in [-0.15, -0.1) is 0 Å². The first-order chi connectivity index (χ1) is 9.69. The molecular weight excluding hydrogens is 349 g/mol. The van der Waals surface area contributed by atoms with Crippen molar-refractivity contribution in [3.63, 3.8) is 0 Å². The number of anilines is 2. The van der Waals surface area contributed by atoms with E-state index in [1.54, 1.807) is 0 Å². The number of nitrogens with one attached hydrogen (secondary N) is 1. The van der Waals surface area contributed by atoms with Gasteiger partial charge in [-0.1, -0.05) is 11.6 Å². The summed E-state index contributed by atoms with van der Waals surface area (Å²) in [5, 5.41) is -0.425. The van der Waals surface area contributed by atoms with Crippen LogP contribution in [0, 0.1) is 11.6 Å². The highest BCUT2D eigenvalue weighted by Gasteiger charge is 2.22. The predicted octanol–water partition coefficient (Wildman–Crippen LogP) is 2.44. The fourth-order valence-corrected chi connectivity index (χ4v) is 2.88. The lowest BCUT2D eigenvalue weighted by atomic mass is 10.3. The maximum absolute atomic E-state index is 13.6. The molecule has 3 N–H and O–H groups in total. The van der Waals surface area contributed by atoms with Crippen molar-refractivity contribution in [2.75, 3.05) is 10.5 Å². The number of hydrogen-bond acceptors (Lipinski definition) is 5. The van der Waals surface area contributed by atoms with Crippen LogP contribution in [0.4, 0.5) is 20.3 Å². The third-order valence-electron chi connectivity index (χ3n) is 2.25. The molecule has 0 bridgehead atoms. The second-order valence-electron chi connectivity index (χ2n) is 3.75. The summed E-state index contributed by atoms with van der Waals surface area (Å²) < 4.78 is 52.6. The molecule has 0 aliphatic carbocycles. The van der Waals surface area contributed by atoms with Gasteiger partial charge < -0.3 is 5.73 Å². The zero-order chi connectivity index (χ0) is 15.8. The van der Waals surface area contributed by atoms with Crippen LogP contribution in [0.25, 0.3) is 0 Å². The van der Waals surface area contributed by atoms with Gasteiger partial charge in [0.2, 0.25) is 5.28 Å². The molecule has 11 heteroatoms. The van der Waals surface area contributed by atoms with Gasteiger partial charge in [0.05, 0.1) is 5.69 Å². The van der Waals surface area contributed by atoms with Crippen LogP contribution in [0.2, 0.25) is 10.4 Å². The summed E-state index contributed by atoms with van der Waals surface area (Å²) in [6.07, 6.45) is 0. The second kappa shape index (κ2) is 5.58. The van der Waals surface area contributed by atoms with Gasteiger partial charge in [0.1, 0.15) is 27.5 Å². The van der Waals surface area contributed by atoms with Crippen molar-refractivity contribution in [3.05, 3.63) is 40.3 Å². The van der Waals surface area contributed by atoms with Crippen LogP contribution in [0.1, 0.15) is 0 Å². The summed E-state index contributed by atoms with van der Waals surface area (Å²) >= 11 is 11.1. The van der Waals surface area contributed by atoms with Crippen LogP contribution < -0.4 is 10.5 Å². The third kappa shape index (κ3) is 3.49. The molecule has 2 rings (SSSR count). The molecule has 0 aliphatic rings. The first-order valence-electron chi connectivity index (χ1n) is 5.16. The topological polar surface area (TPSA) is 98.0 Å². The number of sulfonamides is 1. The van der Waals surface area contributed by atoms with Gasteiger partial charge in [-0.05, 0) is 17.7 Å². The molecule has 0 saturated heterocycles. The van der Waals surface area contributed by atoms with Gasteiger partial charge in [0, 0.05) is 12.1 Å². The van der Waals surface area contributed by atoms with E-state index in [4.69, 9.17) is 28.9 Å². The number of aromatic nitrogens is 2. The Hall–Kier alpha value is -1.71. The summed E-state index contributed by atoms with van der Waals surface area (Å²) in [5.41, 5.74) is 4.71. The Labute approximate surface area is 128 Å². The van der Waals surface area contributed by atoms with E-state index in [0.717, 1.165) is 6.07 Å². The Balaban J connectivity index is 2.45. The molecule has 0 radical (unpaired) electrons. The quantitative estimate of drug-likeness (QED) is 0.501. The van der Waals surface area contributed by atoms with Crippen LogP contribution in [0.5, 0.6) is 0 Å². The molecule has 0 unspecified atom stereocenters. The van der Waals surface area contributed by atoms with Crippen molar-refractivity contribution in [1.29, 1.82) is 0 Å². The minimum Gasteiger partial charge on any atom is -0.396 e. The monoisotopic (exact) mass is 354 g/mol. The van der Waals surface area contributed by atoms with Gasteiger partial charge in [-0.2, -0.15) is 4.98 Å². The highest BCUT2D eigenvalue weighted by atomic mass is 35.5. The first-order valence-corrected chi connectivity index (χ1v) is 7.40. The number of nitrogens with zero attached hydrogens (tertiary/aromatic N) is 2. The van der Waals surface area contributed by atoms with Crippen LogP contribution in [-0.4, -0.2) is 18.4 Å². The van der Waals surface area contributed by atoms with E-state index in [1.165, 1.54) is 0 Å².